The Hall–Kier alpha value is -1.35. The number of benzene rings is 1. The second-order valence-corrected chi connectivity index (χ2v) is 4.67. The van der Waals surface area contributed by atoms with E-state index < -0.39 is 0 Å². The highest BCUT2D eigenvalue weighted by Crippen LogP contribution is 2.13. The van der Waals surface area contributed by atoms with Gasteiger partial charge in [0.25, 0.3) is 0 Å². The van der Waals surface area contributed by atoms with Gasteiger partial charge in [0, 0.05) is 20.6 Å². The third-order valence-electron chi connectivity index (χ3n) is 2.91. The molecule has 2 atom stereocenters. The lowest BCUT2D eigenvalue weighted by atomic mass is 10.0. The van der Waals surface area contributed by atoms with Crippen LogP contribution in [0.2, 0.25) is 0 Å². The van der Waals surface area contributed by atoms with Gasteiger partial charge in [-0.2, -0.15) is 0 Å². The normalized spacial score (nSPS) is 14.1. The summed E-state index contributed by atoms with van der Waals surface area (Å²) in [5.74, 6) is 0.527. The Labute approximate surface area is 104 Å². The Morgan fingerprint density at radius 3 is 2.35 bits per heavy atom. The van der Waals surface area contributed by atoms with E-state index >= 15 is 0 Å². The highest BCUT2D eigenvalue weighted by atomic mass is 16.2. The number of nitrogens with zero attached hydrogens (tertiary/aromatic N) is 1. The molecular formula is C14H22N2O. The van der Waals surface area contributed by atoms with Crippen molar-refractivity contribution in [2.45, 2.75) is 25.8 Å². The number of carbonyl (C=O) groups is 1. The topological polar surface area (TPSA) is 32.3 Å². The maximum absolute atomic E-state index is 11.7. The van der Waals surface area contributed by atoms with Crippen molar-refractivity contribution < 1.29 is 4.79 Å². The van der Waals surface area contributed by atoms with Gasteiger partial charge in [-0.3, -0.25) is 4.79 Å². The summed E-state index contributed by atoms with van der Waals surface area (Å²) in [5, 5.41) is 3.27. The minimum atomic E-state index is -0.129. The quantitative estimate of drug-likeness (QED) is 0.843. The Balaban J connectivity index is 2.44. The van der Waals surface area contributed by atoms with Crippen molar-refractivity contribution in [2.24, 2.45) is 0 Å². The fourth-order valence-electron chi connectivity index (χ4n) is 1.73. The van der Waals surface area contributed by atoms with Crippen molar-refractivity contribution in [3.8, 4) is 0 Å². The van der Waals surface area contributed by atoms with Crippen LogP contribution in [-0.2, 0) is 4.79 Å². The van der Waals surface area contributed by atoms with Crippen molar-refractivity contribution >= 4 is 5.91 Å². The zero-order valence-electron chi connectivity index (χ0n) is 11.1. The van der Waals surface area contributed by atoms with Crippen molar-refractivity contribution in [2.75, 3.05) is 20.6 Å². The van der Waals surface area contributed by atoms with Gasteiger partial charge in [-0.05, 0) is 18.4 Å². The summed E-state index contributed by atoms with van der Waals surface area (Å²) in [6.45, 7) is 4.87. The van der Waals surface area contributed by atoms with Crippen LogP contribution in [0.5, 0.6) is 0 Å². The van der Waals surface area contributed by atoms with Crippen LogP contribution in [0.3, 0.4) is 0 Å². The number of likely N-dealkylation sites (N-methyl/N-ethyl adjacent to an activating group) is 1. The number of carbonyl (C=O) groups excluding carboxylic acids is 1. The van der Waals surface area contributed by atoms with Crippen LogP contribution in [-0.4, -0.2) is 37.5 Å². The first-order valence-electron chi connectivity index (χ1n) is 6.02. The van der Waals surface area contributed by atoms with Gasteiger partial charge in [-0.25, -0.2) is 0 Å². The van der Waals surface area contributed by atoms with Gasteiger partial charge in [0.2, 0.25) is 5.91 Å². The molecule has 0 fully saturated rings. The van der Waals surface area contributed by atoms with E-state index in [2.05, 4.69) is 24.4 Å². The van der Waals surface area contributed by atoms with Crippen LogP contribution < -0.4 is 5.32 Å². The van der Waals surface area contributed by atoms with Crippen LogP contribution in [0.25, 0.3) is 0 Å². The van der Waals surface area contributed by atoms with Crippen molar-refractivity contribution in [3.05, 3.63) is 35.9 Å². The molecule has 0 heterocycles. The Kier molecular flexibility index (Phi) is 5.16. The van der Waals surface area contributed by atoms with Crippen LogP contribution >= 0.6 is 0 Å². The first kappa shape index (κ1) is 13.7. The zero-order valence-corrected chi connectivity index (χ0v) is 11.1. The Morgan fingerprint density at radius 1 is 1.24 bits per heavy atom. The van der Waals surface area contributed by atoms with Crippen LogP contribution in [0.15, 0.2) is 30.3 Å². The highest BCUT2D eigenvalue weighted by Gasteiger charge is 2.15. The molecular weight excluding hydrogens is 212 g/mol. The van der Waals surface area contributed by atoms with Gasteiger partial charge < -0.3 is 10.2 Å². The minimum absolute atomic E-state index is 0.116. The van der Waals surface area contributed by atoms with Crippen LogP contribution in [0.1, 0.15) is 25.3 Å². The number of amides is 1. The SMILES string of the molecule is CC(NCC(C)c1ccccc1)C(=O)N(C)C. The number of hydrogen-bond donors (Lipinski definition) is 1. The summed E-state index contributed by atoms with van der Waals surface area (Å²) < 4.78 is 0. The minimum Gasteiger partial charge on any atom is -0.347 e. The van der Waals surface area contributed by atoms with E-state index in [-0.39, 0.29) is 11.9 Å². The average molecular weight is 234 g/mol. The molecule has 94 valence electrons. The number of hydrogen-bond acceptors (Lipinski definition) is 2. The molecule has 2 unspecified atom stereocenters. The fraction of sp³-hybridized carbons (Fsp3) is 0.500. The van der Waals surface area contributed by atoms with Crippen LogP contribution in [0, 0.1) is 0 Å². The van der Waals surface area contributed by atoms with E-state index in [0.717, 1.165) is 6.54 Å². The lowest BCUT2D eigenvalue weighted by molar-refractivity contribution is -0.130. The molecule has 1 amide bonds. The molecule has 0 spiro atoms. The zero-order chi connectivity index (χ0) is 12.8. The van der Waals surface area contributed by atoms with Crippen molar-refractivity contribution in [1.29, 1.82) is 0 Å². The summed E-state index contributed by atoms with van der Waals surface area (Å²) in [6, 6.07) is 10.2. The first-order chi connectivity index (χ1) is 8.02. The Morgan fingerprint density at radius 2 is 1.82 bits per heavy atom. The maximum Gasteiger partial charge on any atom is 0.238 e. The molecule has 17 heavy (non-hydrogen) atoms. The number of nitrogens with one attached hydrogen (secondary N) is 1. The molecule has 1 aromatic rings. The van der Waals surface area contributed by atoms with E-state index in [1.54, 1.807) is 19.0 Å². The molecule has 0 aliphatic carbocycles. The molecule has 0 radical (unpaired) electrons. The standard InChI is InChI=1S/C14H22N2O/c1-11(13-8-6-5-7-9-13)10-15-12(2)14(17)16(3)4/h5-9,11-12,15H,10H2,1-4H3. The summed E-state index contributed by atoms with van der Waals surface area (Å²) in [6.07, 6.45) is 0. The van der Waals surface area contributed by atoms with E-state index in [1.165, 1.54) is 5.56 Å². The molecule has 1 N–H and O–H groups in total. The predicted molar refractivity (Wildman–Crippen MR) is 71.0 cm³/mol. The second-order valence-electron chi connectivity index (χ2n) is 4.67. The lowest BCUT2D eigenvalue weighted by Crippen LogP contribution is -2.42. The van der Waals surface area contributed by atoms with E-state index in [4.69, 9.17) is 0 Å². The molecule has 0 bridgehead atoms. The third kappa shape index (κ3) is 4.19. The summed E-state index contributed by atoms with van der Waals surface area (Å²) in [4.78, 5) is 13.3. The molecule has 0 saturated heterocycles. The van der Waals surface area contributed by atoms with Gasteiger partial charge in [0.05, 0.1) is 6.04 Å². The molecule has 0 aliphatic rings. The van der Waals surface area contributed by atoms with Crippen molar-refractivity contribution in [3.63, 3.8) is 0 Å². The fourth-order valence-corrected chi connectivity index (χ4v) is 1.73. The molecule has 0 saturated carbocycles. The molecule has 3 heteroatoms. The molecule has 1 rings (SSSR count). The Bertz CT molecular complexity index is 348. The van der Waals surface area contributed by atoms with Gasteiger partial charge in [0.1, 0.15) is 0 Å². The lowest BCUT2D eigenvalue weighted by Gasteiger charge is -2.20. The van der Waals surface area contributed by atoms with Crippen LogP contribution in [0.4, 0.5) is 0 Å². The molecule has 0 aliphatic heterocycles. The van der Waals surface area contributed by atoms with Gasteiger partial charge in [0.15, 0.2) is 0 Å². The maximum atomic E-state index is 11.7. The predicted octanol–water partition coefficient (Wildman–Crippen LogP) is 1.86. The summed E-state index contributed by atoms with van der Waals surface area (Å²) in [7, 11) is 3.56. The van der Waals surface area contributed by atoms with E-state index in [0.29, 0.717) is 5.92 Å². The molecule has 0 aromatic heterocycles. The number of rotatable bonds is 5. The highest BCUT2D eigenvalue weighted by molar-refractivity contribution is 5.80. The first-order valence-corrected chi connectivity index (χ1v) is 6.02. The van der Waals surface area contributed by atoms with E-state index in [1.807, 2.05) is 25.1 Å². The average Bonchev–Trinajstić information content (AvgIpc) is 2.35. The summed E-state index contributed by atoms with van der Waals surface area (Å²) >= 11 is 0. The monoisotopic (exact) mass is 234 g/mol. The largest absolute Gasteiger partial charge is 0.347 e. The smallest absolute Gasteiger partial charge is 0.238 e. The third-order valence-corrected chi connectivity index (χ3v) is 2.91. The van der Waals surface area contributed by atoms with Gasteiger partial charge in [-0.1, -0.05) is 37.3 Å². The molecule has 1 aromatic carbocycles. The summed E-state index contributed by atoms with van der Waals surface area (Å²) in [5.41, 5.74) is 1.30. The second kappa shape index (κ2) is 6.40. The van der Waals surface area contributed by atoms with Gasteiger partial charge in [-0.15, -0.1) is 0 Å². The van der Waals surface area contributed by atoms with Crippen molar-refractivity contribution in [1.82, 2.24) is 10.2 Å². The molecule has 3 nitrogen and oxygen atoms in total. The van der Waals surface area contributed by atoms with Gasteiger partial charge >= 0.3 is 0 Å². The van der Waals surface area contributed by atoms with E-state index in [9.17, 15) is 4.79 Å².